The molecule has 4 rings (SSSR count). The zero-order chi connectivity index (χ0) is 21.1. The van der Waals surface area contributed by atoms with Gasteiger partial charge in [-0.3, -0.25) is 9.52 Å². The molecule has 2 aromatic heterocycles. The van der Waals surface area contributed by atoms with Crippen LogP contribution < -0.4 is 15.4 Å². The first kappa shape index (κ1) is 19.8. The highest BCUT2D eigenvalue weighted by Crippen LogP contribution is 2.28. The SMILES string of the molecule is CC(=O)Nc1ccc(Nc2nc3ccccc3nc2NS(=O)(=O)c2cccs2)cc1. The van der Waals surface area contributed by atoms with Crippen LogP contribution >= 0.6 is 11.3 Å². The highest BCUT2D eigenvalue weighted by atomic mass is 32.2. The number of carbonyl (C=O) groups excluding carboxylic acids is 1. The fourth-order valence-electron chi connectivity index (χ4n) is 2.73. The van der Waals surface area contributed by atoms with Crippen molar-refractivity contribution in [3.8, 4) is 0 Å². The van der Waals surface area contributed by atoms with Crippen LogP contribution in [0.2, 0.25) is 0 Å². The second kappa shape index (κ2) is 8.09. The molecule has 10 heteroatoms. The Bertz CT molecular complexity index is 1300. The first-order chi connectivity index (χ1) is 14.4. The maximum absolute atomic E-state index is 12.7. The summed E-state index contributed by atoms with van der Waals surface area (Å²) in [5.41, 5.74) is 2.49. The van der Waals surface area contributed by atoms with Crippen LogP contribution in [0.25, 0.3) is 11.0 Å². The molecular weight excluding hydrogens is 422 g/mol. The maximum atomic E-state index is 12.7. The molecular formula is C20H17N5O3S2. The van der Waals surface area contributed by atoms with Crippen molar-refractivity contribution in [2.75, 3.05) is 15.4 Å². The molecule has 0 bridgehead atoms. The Balaban J connectivity index is 1.70. The number of hydrogen-bond acceptors (Lipinski definition) is 7. The van der Waals surface area contributed by atoms with Crippen molar-refractivity contribution in [2.24, 2.45) is 0 Å². The summed E-state index contributed by atoms with van der Waals surface area (Å²) in [5.74, 6) is 0.190. The van der Waals surface area contributed by atoms with Gasteiger partial charge in [0.05, 0.1) is 11.0 Å². The van der Waals surface area contributed by atoms with Gasteiger partial charge in [-0.2, -0.15) is 0 Å². The largest absolute Gasteiger partial charge is 0.337 e. The van der Waals surface area contributed by atoms with Crippen LogP contribution in [-0.4, -0.2) is 24.3 Å². The van der Waals surface area contributed by atoms with Gasteiger partial charge in [0, 0.05) is 18.3 Å². The first-order valence-electron chi connectivity index (χ1n) is 8.88. The number of sulfonamides is 1. The third-order valence-corrected chi connectivity index (χ3v) is 6.77. The summed E-state index contributed by atoms with van der Waals surface area (Å²) < 4.78 is 28.1. The van der Waals surface area contributed by atoms with Gasteiger partial charge in [-0.05, 0) is 47.8 Å². The third kappa shape index (κ3) is 4.39. The minimum Gasteiger partial charge on any atom is -0.337 e. The van der Waals surface area contributed by atoms with Crippen LogP contribution in [0.3, 0.4) is 0 Å². The van der Waals surface area contributed by atoms with Gasteiger partial charge in [0.25, 0.3) is 10.0 Å². The lowest BCUT2D eigenvalue weighted by atomic mass is 10.2. The van der Waals surface area contributed by atoms with Crippen LogP contribution in [0.4, 0.5) is 23.0 Å². The van der Waals surface area contributed by atoms with Gasteiger partial charge >= 0.3 is 0 Å². The molecule has 0 spiro atoms. The monoisotopic (exact) mass is 439 g/mol. The summed E-state index contributed by atoms with van der Waals surface area (Å²) in [6.45, 7) is 1.43. The van der Waals surface area contributed by atoms with Crippen molar-refractivity contribution in [2.45, 2.75) is 11.1 Å². The molecule has 152 valence electrons. The molecule has 30 heavy (non-hydrogen) atoms. The van der Waals surface area contributed by atoms with Crippen molar-refractivity contribution in [3.63, 3.8) is 0 Å². The normalized spacial score (nSPS) is 11.2. The molecule has 0 aliphatic carbocycles. The number of anilines is 4. The molecule has 0 aliphatic heterocycles. The van der Waals surface area contributed by atoms with Gasteiger partial charge in [0.15, 0.2) is 11.6 Å². The van der Waals surface area contributed by atoms with Crippen LogP contribution in [0.15, 0.2) is 70.3 Å². The highest BCUT2D eigenvalue weighted by Gasteiger charge is 2.19. The van der Waals surface area contributed by atoms with Crippen molar-refractivity contribution in [1.82, 2.24) is 9.97 Å². The number of thiophene rings is 1. The predicted octanol–water partition coefficient (Wildman–Crippen LogP) is 4.19. The smallest absolute Gasteiger partial charge is 0.272 e. The standard InChI is InChI=1S/C20H17N5O3S2/c1-13(26)21-14-8-10-15(11-9-14)22-19-20(24-17-6-3-2-5-16(17)23-19)25-30(27,28)18-7-4-12-29-18/h2-12H,1H3,(H,21,26)(H,22,23)(H,24,25). The van der Waals surface area contributed by atoms with E-state index in [-0.39, 0.29) is 21.8 Å². The molecule has 0 saturated carbocycles. The number of nitrogens with one attached hydrogen (secondary N) is 3. The van der Waals surface area contributed by atoms with Gasteiger partial charge in [0.2, 0.25) is 5.91 Å². The molecule has 0 unspecified atom stereocenters. The Morgan fingerprint density at radius 1 is 0.867 bits per heavy atom. The molecule has 3 N–H and O–H groups in total. The fourth-order valence-corrected chi connectivity index (χ4v) is 4.73. The summed E-state index contributed by atoms with van der Waals surface area (Å²) in [5, 5.41) is 7.49. The number of rotatable bonds is 6. The number of carbonyl (C=O) groups is 1. The number of amides is 1. The molecule has 4 aromatic rings. The number of hydrogen-bond donors (Lipinski definition) is 3. The predicted molar refractivity (Wildman–Crippen MR) is 119 cm³/mol. The van der Waals surface area contributed by atoms with Gasteiger partial charge in [-0.15, -0.1) is 11.3 Å². The Hall–Kier alpha value is -3.50. The minimum atomic E-state index is -3.80. The molecule has 2 aromatic carbocycles. The lowest BCUT2D eigenvalue weighted by Crippen LogP contribution is -2.15. The van der Waals surface area contributed by atoms with E-state index >= 15 is 0 Å². The molecule has 2 heterocycles. The quantitative estimate of drug-likeness (QED) is 0.415. The van der Waals surface area contributed by atoms with Crippen LogP contribution in [-0.2, 0) is 14.8 Å². The Kier molecular flexibility index (Phi) is 5.34. The van der Waals surface area contributed by atoms with Gasteiger partial charge in [0.1, 0.15) is 4.21 Å². The topological polar surface area (TPSA) is 113 Å². The molecule has 0 aliphatic rings. The van der Waals surface area contributed by atoms with Gasteiger partial charge < -0.3 is 10.6 Å². The molecule has 8 nitrogen and oxygen atoms in total. The Labute approximate surface area is 177 Å². The van der Waals surface area contributed by atoms with Crippen molar-refractivity contribution >= 4 is 61.3 Å². The number of aromatic nitrogens is 2. The fraction of sp³-hybridized carbons (Fsp3) is 0.0500. The lowest BCUT2D eigenvalue weighted by Gasteiger charge is -2.13. The Morgan fingerprint density at radius 3 is 2.10 bits per heavy atom. The molecule has 0 atom stereocenters. The van der Waals surface area contributed by atoms with Crippen molar-refractivity contribution in [1.29, 1.82) is 0 Å². The third-order valence-electron chi connectivity index (χ3n) is 4.03. The second-order valence-corrected chi connectivity index (χ2v) is 9.19. The van der Waals surface area contributed by atoms with Gasteiger partial charge in [-0.1, -0.05) is 18.2 Å². The Morgan fingerprint density at radius 2 is 1.50 bits per heavy atom. The molecule has 0 fully saturated rings. The second-order valence-electron chi connectivity index (χ2n) is 6.33. The molecule has 0 radical (unpaired) electrons. The van der Waals surface area contributed by atoms with E-state index in [0.29, 0.717) is 22.4 Å². The summed E-state index contributed by atoms with van der Waals surface area (Å²) in [6.07, 6.45) is 0. The summed E-state index contributed by atoms with van der Waals surface area (Å²) >= 11 is 1.12. The zero-order valence-electron chi connectivity index (χ0n) is 15.8. The average Bonchev–Trinajstić information content (AvgIpc) is 3.25. The summed E-state index contributed by atoms with van der Waals surface area (Å²) in [4.78, 5) is 20.2. The van der Waals surface area contributed by atoms with E-state index in [1.165, 1.54) is 13.0 Å². The molecule has 0 saturated heterocycles. The first-order valence-corrected chi connectivity index (χ1v) is 11.2. The average molecular weight is 440 g/mol. The van der Waals surface area contributed by atoms with Gasteiger partial charge in [-0.25, -0.2) is 18.4 Å². The van der Waals surface area contributed by atoms with Crippen LogP contribution in [0.1, 0.15) is 6.92 Å². The highest BCUT2D eigenvalue weighted by molar-refractivity contribution is 7.94. The summed E-state index contributed by atoms with van der Waals surface area (Å²) in [6, 6.07) is 17.3. The zero-order valence-corrected chi connectivity index (χ0v) is 17.4. The van der Waals surface area contributed by atoms with E-state index in [0.717, 1.165) is 11.3 Å². The number of para-hydroxylation sites is 2. The van der Waals surface area contributed by atoms with Crippen LogP contribution in [0.5, 0.6) is 0 Å². The van der Waals surface area contributed by atoms with E-state index in [1.807, 2.05) is 12.1 Å². The van der Waals surface area contributed by atoms with E-state index in [4.69, 9.17) is 0 Å². The number of nitrogens with zero attached hydrogens (tertiary/aromatic N) is 2. The van der Waals surface area contributed by atoms with E-state index in [1.54, 1.807) is 47.8 Å². The van der Waals surface area contributed by atoms with Crippen molar-refractivity contribution < 1.29 is 13.2 Å². The minimum absolute atomic E-state index is 0.0908. The lowest BCUT2D eigenvalue weighted by molar-refractivity contribution is -0.114. The van der Waals surface area contributed by atoms with Crippen LogP contribution in [0, 0.1) is 0 Å². The summed E-state index contributed by atoms with van der Waals surface area (Å²) in [7, 11) is -3.80. The maximum Gasteiger partial charge on any atom is 0.272 e. The van der Waals surface area contributed by atoms with E-state index in [9.17, 15) is 13.2 Å². The molecule has 1 amide bonds. The number of fused-ring (bicyclic) bond motifs is 1. The van der Waals surface area contributed by atoms with E-state index < -0.39 is 10.0 Å². The van der Waals surface area contributed by atoms with E-state index in [2.05, 4.69) is 25.3 Å². The number of benzene rings is 2. The van der Waals surface area contributed by atoms with Crippen molar-refractivity contribution in [3.05, 3.63) is 66.0 Å².